The molecule has 1 aromatic rings. The van der Waals surface area contributed by atoms with Gasteiger partial charge in [-0.15, -0.1) is 0 Å². The number of fused-ring (bicyclic) bond motifs is 1. The van der Waals surface area contributed by atoms with Crippen LogP contribution in [0, 0.1) is 0 Å². The van der Waals surface area contributed by atoms with Gasteiger partial charge in [-0.3, -0.25) is 0 Å². The minimum Gasteiger partial charge on any atom is -0.486 e. The predicted molar refractivity (Wildman–Crippen MR) is 88.4 cm³/mol. The molecule has 0 amide bonds. The number of esters is 1. The van der Waals surface area contributed by atoms with Crippen LogP contribution in [0.4, 0.5) is 0 Å². The molecule has 0 bridgehead atoms. The number of thiocarbonyl (C=S) groups is 1. The van der Waals surface area contributed by atoms with Gasteiger partial charge in [0.1, 0.15) is 13.2 Å². The van der Waals surface area contributed by atoms with E-state index in [-0.39, 0.29) is 5.97 Å². The third-order valence-corrected chi connectivity index (χ3v) is 3.89. The van der Waals surface area contributed by atoms with Crippen LogP contribution in [0.15, 0.2) is 29.5 Å². The molecule has 1 aromatic carbocycles. The van der Waals surface area contributed by atoms with Gasteiger partial charge in [0, 0.05) is 11.3 Å². The molecule has 23 heavy (non-hydrogen) atoms. The van der Waals surface area contributed by atoms with E-state index in [1.54, 1.807) is 13.8 Å². The van der Waals surface area contributed by atoms with Crippen molar-refractivity contribution in [2.75, 3.05) is 19.8 Å². The van der Waals surface area contributed by atoms with Crippen LogP contribution in [-0.4, -0.2) is 30.9 Å². The molecule has 0 fully saturated rings. The van der Waals surface area contributed by atoms with Crippen LogP contribution >= 0.6 is 12.2 Å². The van der Waals surface area contributed by atoms with Gasteiger partial charge in [-0.05, 0) is 32.1 Å². The van der Waals surface area contributed by atoms with Crippen molar-refractivity contribution in [2.24, 2.45) is 0 Å². The van der Waals surface area contributed by atoms with E-state index in [0.717, 1.165) is 5.56 Å². The molecule has 6 nitrogen and oxygen atoms in total. The smallest absolute Gasteiger partial charge is 0.338 e. The standard InChI is InChI=1S/C16H18N2O4S/c1-3-20-15(19)12-9(2)17-16(23)18-13(12)10-5-4-6-11-14(10)22-8-7-21-11/h4-6,13H,3,7-8H2,1-2H3,(H2,17,18,23). The summed E-state index contributed by atoms with van der Waals surface area (Å²) in [7, 11) is 0. The topological polar surface area (TPSA) is 68.8 Å². The lowest BCUT2D eigenvalue weighted by Crippen LogP contribution is -2.45. The van der Waals surface area contributed by atoms with Gasteiger partial charge in [0.15, 0.2) is 16.6 Å². The molecule has 0 saturated heterocycles. The molecule has 2 heterocycles. The molecule has 1 unspecified atom stereocenters. The number of carbonyl (C=O) groups excluding carboxylic acids is 1. The van der Waals surface area contributed by atoms with Crippen LogP contribution in [-0.2, 0) is 9.53 Å². The number of para-hydroxylation sites is 1. The quantitative estimate of drug-likeness (QED) is 0.645. The lowest BCUT2D eigenvalue weighted by atomic mass is 9.94. The highest BCUT2D eigenvalue weighted by atomic mass is 32.1. The molecule has 1 atom stereocenters. The predicted octanol–water partition coefficient (Wildman–Crippen LogP) is 1.81. The highest BCUT2D eigenvalue weighted by Gasteiger charge is 2.34. The van der Waals surface area contributed by atoms with Gasteiger partial charge in [0.05, 0.1) is 18.2 Å². The van der Waals surface area contributed by atoms with E-state index in [1.165, 1.54) is 0 Å². The van der Waals surface area contributed by atoms with Crippen LogP contribution in [0.3, 0.4) is 0 Å². The number of allylic oxidation sites excluding steroid dienone is 1. The largest absolute Gasteiger partial charge is 0.486 e. The highest BCUT2D eigenvalue weighted by Crippen LogP contribution is 2.40. The summed E-state index contributed by atoms with van der Waals surface area (Å²) in [4.78, 5) is 12.4. The van der Waals surface area contributed by atoms with Gasteiger partial charge in [-0.1, -0.05) is 12.1 Å². The zero-order valence-corrected chi connectivity index (χ0v) is 13.8. The van der Waals surface area contributed by atoms with E-state index in [2.05, 4.69) is 10.6 Å². The fourth-order valence-electron chi connectivity index (χ4n) is 2.73. The van der Waals surface area contributed by atoms with E-state index >= 15 is 0 Å². The summed E-state index contributed by atoms with van der Waals surface area (Å²) in [5.74, 6) is 0.920. The molecule has 2 aliphatic heterocycles. The maximum atomic E-state index is 12.4. The molecule has 7 heteroatoms. The Labute approximate surface area is 139 Å². The number of rotatable bonds is 3. The van der Waals surface area contributed by atoms with Crippen molar-refractivity contribution in [2.45, 2.75) is 19.9 Å². The highest BCUT2D eigenvalue weighted by molar-refractivity contribution is 7.80. The molecular formula is C16H18N2O4S. The summed E-state index contributed by atoms with van der Waals surface area (Å²) in [5, 5.41) is 6.56. The summed E-state index contributed by atoms with van der Waals surface area (Å²) in [6.45, 7) is 4.86. The van der Waals surface area contributed by atoms with Gasteiger partial charge in [0.25, 0.3) is 0 Å². The fourth-order valence-corrected chi connectivity index (χ4v) is 3.00. The van der Waals surface area contributed by atoms with Gasteiger partial charge in [-0.2, -0.15) is 0 Å². The third kappa shape index (κ3) is 2.96. The SMILES string of the molecule is CCOC(=O)C1=C(C)NC(=S)NC1c1cccc2c1OCCO2. The normalized spacial score (nSPS) is 19.7. The Morgan fingerprint density at radius 3 is 2.96 bits per heavy atom. The minimum absolute atomic E-state index is 0.305. The van der Waals surface area contributed by atoms with Crippen molar-refractivity contribution < 1.29 is 19.0 Å². The zero-order chi connectivity index (χ0) is 16.4. The van der Waals surface area contributed by atoms with Crippen molar-refractivity contribution in [1.29, 1.82) is 0 Å². The first-order chi connectivity index (χ1) is 11.1. The molecule has 0 saturated carbocycles. The Bertz CT molecular complexity index is 687. The lowest BCUT2D eigenvalue weighted by Gasteiger charge is -2.32. The number of hydrogen-bond donors (Lipinski definition) is 2. The summed E-state index contributed by atoms with van der Waals surface area (Å²) in [5.41, 5.74) is 1.96. The lowest BCUT2D eigenvalue weighted by molar-refractivity contribution is -0.139. The fraction of sp³-hybridized carbons (Fsp3) is 0.375. The summed E-state index contributed by atoms with van der Waals surface area (Å²) >= 11 is 5.24. The Balaban J connectivity index is 2.07. The first-order valence-corrected chi connectivity index (χ1v) is 7.86. The number of benzene rings is 1. The van der Waals surface area contributed by atoms with E-state index in [4.69, 9.17) is 26.4 Å². The van der Waals surface area contributed by atoms with Crippen molar-refractivity contribution in [3.05, 3.63) is 35.0 Å². The minimum atomic E-state index is -0.445. The Hall–Kier alpha value is -2.28. The molecule has 3 rings (SSSR count). The van der Waals surface area contributed by atoms with Gasteiger partial charge in [-0.25, -0.2) is 4.79 Å². The van der Waals surface area contributed by atoms with E-state index in [1.807, 2.05) is 18.2 Å². The molecule has 2 N–H and O–H groups in total. The number of nitrogens with one attached hydrogen (secondary N) is 2. The van der Waals surface area contributed by atoms with Gasteiger partial charge in [0.2, 0.25) is 0 Å². The second-order valence-electron chi connectivity index (χ2n) is 5.16. The molecule has 0 aliphatic carbocycles. The average molecular weight is 334 g/mol. The maximum Gasteiger partial charge on any atom is 0.338 e. The molecule has 122 valence electrons. The van der Waals surface area contributed by atoms with Crippen molar-refractivity contribution in [1.82, 2.24) is 10.6 Å². The zero-order valence-electron chi connectivity index (χ0n) is 13.0. The summed E-state index contributed by atoms with van der Waals surface area (Å²) < 4.78 is 16.6. The van der Waals surface area contributed by atoms with Crippen LogP contribution in [0.5, 0.6) is 11.5 Å². The van der Waals surface area contributed by atoms with Crippen LogP contribution in [0.2, 0.25) is 0 Å². The van der Waals surface area contributed by atoms with E-state index < -0.39 is 6.04 Å². The Kier molecular flexibility index (Phi) is 4.38. The van der Waals surface area contributed by atoms with Crippen LogP contribution in [0.1, 0.15) is 25.5 Å². The maximum absolute atomic E-state index is 12.4. The number of carbonyl (C=O) groups is 1. The van der Waals surface area contributed by atoms with Gasteiger partial charge < -0.3 is 24.8 Å². The van der Waals surface area contributed by atoms with Crippen molar-refractivity contribution >= 4 is 23.3 Å². The number of ether oxygens (including phenoxy) is 3. The van der Waals surface area contributed by atoms with E-state index in [0.29, 0.717) is 47.7 Å². The molecule has 2 aliphatic rings. The molecular weight excluding hydrogens is 316 g/mol. The summed E-state index contributed by atoms with van der Waals surface area (Å²) in [6.07, 6.45) is 0. The summed E-state index contributed by atoms with van der Waals surface area (Å²) in [6, 6.07) is 5.16. The van der Waals surface area contributed by atoms with Gasteiger partial charge >= 0.3 is 5.97 Å². The van der Waals surface area contributed by atoms with Crippen molar-refractivity contribution in [3.8, 4) is 11.5 Å². The number of hydrogen-bond acceptors (Lipinski definition) is 5. The second kappa shape index (κ2) is 6.45. The van der Waals surface area contributed by atoms with Crippen LogP contribution in [0.25, 0.3) is 0 Å². The second-order valence-corrected chi connectivity index (χ2v) is 5.57. The molecule has 0 aromatic heterocycles. The Morgan fingerprint density at radius 2 is 2.17 bits per heavy atom. The van der Waals surface area contributed by atoms with Crippen molar-refractivity contribution in [3.63, 3.8) is 0 Å². The van der Waals surface area contributed by atoms with Crippen LogP contribution < -0.4 is 20.1 Å². The molecule has 0 radical (unpaired) electrons. The monoisotopic (exact) mass is 334 g/mol. The average Bonchev–Trinajstić information content (AvgIpc) is 2.53. The van der Waals surface area contributed by atoms with E-state index in [9.17, 15) is 4.79 Å². The first-order valence-electron chi connectivity index (χ1n) is 7.45. The Morgan fingerprint density at radius 1 is 1.39 bits per heavy atom. The third-order valence-electron chi connectivity index (χ3n) is 3.67. The molecule has 0 spiro atoms. The first kappa shape index (κ1) is 15.6.